The third-order valence-electron chi connectivity index (χ3n) is 7.23. The zero-order chi connectivity index (χ0) is 11.8. The predicted octanol–water partition coefficient (Wildman–Crippen LogP) is 4.66. The molecule has 0 spiro atoms. The van der Waals surface area contributed by atoms with Crippen molar-refractivity contribution in [3.63, 3.8) is 0 Å². The average molecular weight is 206 g/mol. The maximum absolute atomic E-state index is 2.51. The Kier molecular flexibility index (Phi) is 1.89. The van der Waals surface area contributed by atoms with Gasteiger partial charge in [0.15, 0.2) is 0 Å². The summed E-state index contributed by atoms with van der Waals surface area (Å²) in [6, 6.07) is 0. The SMILES string of the molecule is CC1=C(C)C2(C)C(C)C(C)C2(C)C1(C)C. The summed E-state index contributed by atoms with van der Waals surface area (Å²) in [5, 5.41) is 0. The van der Waals surface area contributed by atoms with Gasteiger partial charge in [-0.1, -0.05) is 52.7 Å². The molecule has 2 aliphatic rings. The fraction of sp³-hybridized carbons (Fsp3) is 0.867. The lowest BCUT2D eigenvalue weighted by Crippen LogP contribution is -2.63. The number of hydrogen-bond donors (Lipinski definition) is 0. The highest BCUT2D eigenvalue weighted by Crippen LogP contribution is 2.79. The van der Waals surface area contributed by atoms with E-state index in [9.17, 15) is 0 Å². The molecule has 0 aliphatic heterocycles. The summed E-state index contributed by atoms with van der Waals surface area (Å²) in [5.74, 6) is 1.67. The van der Waals surface area contributed by atoms with Gasteiger partial charge in [-0.2, -0.15) is 0 Å². The Morgan fingerprint density at radius 1 is 0.800 bits per heavy atom. The second-order valence-corrected chi connectivity index (χ2v) is 6.86. The van der Waals surface area contributed by atoms with E-state index in [4.69, 9.17) is 0 Å². The summed E-state index contributed by atoms with van der Waals surface area (Å²) in [6.45, 7) is 19.5. The van der Waals surface area contributed by atoms with Crippen molar-refractivity contribution in [2.24, 2.45) is 28.1 Å². The van der Waals surface area contributed by atoms with Gasteiger partial charge in [-0.05, 0) is 41.9 Å². The molecule has 2 aliphatic carbocycles. The topological polar surface area (TPSA) is 0 Å². The molecular weight excluding hydrogens is 180 g/mol. The van der Waals surface area contributed by atoms with E-state index < -0.39 is 0 Å². The van der Waals surface area contributed by atoms with Crippen LogP contribution < -0.4 is 0 Å². The molecule has 0 aromatic rings. The summed E-state index contributed by atoms with van der Waals surface area (Å²) in [5.41, 5.74) is 4.59. The molecule has 0 bridgehead atoms. The van der Waals surface area contributed by atoms with Crippen LogP contribution in [0.5, 0.6) is 0 Å². The largest absolute Gasteiger partial charge is 0.0676 e. The van der Waals surface area contributed by atoms with E-state index in [1.807, 2.05) is 0 Å². The molecule has 0 heteroatoms. The first-order chi connectivity index (χ1) is 6.63. The van der Waals surface area contributed by atoms with Crippen LogP contribution in [0.3, 0.4) is 0 Å². The third kappa shape index (κ3) is 0.765. The molecule has 1 saturated carbocycles. The van der Waals surface area contributed by atoms with Crippen molar-refractivity contribution in [2.75, 3.05) is 0 Å². The van der Waals surface area contributed by atoms with E-state index >= 15 is 0 Å². The first-order valence-corrected chi connectivity index (χ1v) is 6.32. The molecule has 0 amide bonds. The summed E-state index contributed by atoms with van der Waals surface area (Å²) in [4.78, 5) is 0. The van der Waals surface area contributed by atoms with Crippen molar-refractivity contribution in [1.29, 1.82) is 0 Å². The Morgan fingerprint density at radius 2 is 1.27 bits per heavy atom. The zero-order valence-electron chi connectivity index (χ0n) is 11.7. The lowest BCUT2D eigenvalue weighted by atomic mass is 9.35. The van der Waals surface area contributed by atoms with Crippen LogP contribution in [0.1, 0.15) is 55.4 Å². The lowest BCUT2D eigenvalue weighted by Gasteiger charge is -2.68. The molecule has 0 aromatic heterocycles. The van der Waals surface area contributed by atoms with Crippen LogP contribution in [0.25, 0.3) is 0 Å². The lowest BCUT2D eigenvalue weighted by molar-refractivity contribution is -0.185. The van der Waals surface area contributed by atoms with E-state index in [1.165, 1.54) is 0 Å². The monoisotopic (exact) mass is 206 g/mol. The molecular formula is C15H26. The highest BCUT2D eigenvalue weighted by Gasteiger charge is 2.72. The molecule has 86 valence electrons. The molecule has 0 aromatic carbocycles. The normalized spacial score (nSPS) is 52.8. The number of rotatable bonds is 0. The van der Waals surface area contributed by atoms with Crippen LogP contribution in [0.4, 0.5) is 0 Å². The van der Waals surface area contributed by atoms with E-state index in [0.29, 0.717) is 16.2 Å². The maximum atomic E-state index is 2.51. The van der Waals surface area contributed by atoms with Crippen molar-refractivity contribution in [2.45, 2.75) is 55.4 Å². The van der Waals surface area contributed by atoms with Gasteiger partial charge in [-0.25, -0.2) is 0 Å². The zero-order valence-corrected chi connectivity index (χ0v) is 11.7. The fourth-order valence-electron chi connectivity index (χ4n) is 5.05. The quantitative estimate of drug-likeness (QED) is 0.506. The first kappa shape index (κ1) is 11.2. The van der Waals surface area contributed by atoms with Crippen LogP contribution in [0.2, 0.25) is 0 Å². The van der Waals surface area contributed by atoms with Gasteiger partial charge in [0.25, 0.3) is 0 Å². The Bertz CT molecular complexity index is 347. The molecule has 0 N–H and O–H groups in total. The second-order valence-electron chi connectivity index (χ2n) is 6.86. The molecule has 0 heterocycles. The summed E-state index contributed by atoms with van der Waals surface area (Å²) in [7, 11) is 0. The smallest absolute Gasteiger partial charge is 0.00234 e. The molecule has 4 unspecified atom stereocenters. The highest BCUT2D eigenvalue weighted by atomic mass is 14.8. The van der Waals surface area contributed by atoms with Gasteiger partial charge >= 0.3 is 0 Å². The van der Waals surface area contributed by atoms with Crippen molar-refractivity contribution in [3.8, 4) is 0 Å². The molecule has 0 nitrogen and oxygen atoms in total. The van der Waals surface area contributed by atoms with Gasteiger partial charge in [0.2, 0.25) is 0 Å². The summed E-state index contributed by atoms with van der Waals surface area (Å²) in [6.07, 6.45) is 0. The number of fused-ring (bicyclic) bond motifs is 1. The first-order valence-electron chi connectivity index (χ1n) is 6.32. The van der Waals surface area contributed by atoms with Gasteiger partial charge in [0.1, 0.15) is 0 Å². The fourth-order valence-corrected chi connectivity index (χ4v) is 5.05. The minimum Gasteiger partial charge on any atom is -0.0676 e. The van der Waals surface area contributed by atoms with Crippen molar-refractivity contribution >= 4 is 0 Å². The van der Waals surface area contributed by atoms with Gasteiger partial charge in [0, 0.05) is 0 Å². The molecule has 4 atom stereocenters. The van der Waals surface area contributed by atoms with Crippen molar-refractivity contribution < 1.29 is 0 Å². The van der Waals surface area contributed by atoms with Crippen LogP contribution in [0.15, 0.2) is 11.1 Å². The summed E-state index contributed by atoms with van der Waals surface area (Å²) >= 11 is 0. The van der Waals surface area contributed by atoms with Crippen LogP contribution in [-0.2, 0) is 0 Å². The third-order valence-corrected chi connectivity index (χ3v) is 7.23. The standard InChI is InChI=1S/C15H26/c1-9-10(2)14(7)11(3)12(4)15(14,8)13(9,5)6/h11-12H,1-8H3. The van der Waals surface area contributed by atoms with E-state index in [-0.39, 0.29) is 0 Å². The molecule has 1 fully saturated rings. The molecule has 0 radical (unpaired) electrons. The maximum Gasteiger partial charge on any atom is -0.00234 e. The van der Waals surface area contributed by atoms with Crippen LogP contribution >= 0.6 is 0 Å². The Labute approximate surface area is 95.1 Å². The van der Waals surface area contributed by atoms with Crippen molar-refractivity contribution in [3.05, 3.63) is 11.1 Å². The van der Waals surface area contributed by atoms with Gasteiger partial charge < -0.3 is 0 Å². The predicted molar refractivity (Wildman–Crippen MR) is 66.7 cm³/mol. The minimum atomic E-state index is 0.373. The number of allylic oxidation sites excluding steroid dienone is 2. The average Bonchev–Trinajstić information content (AvgIpc) is 2.29. The van der Waals surface area contributed by atoms with Crippen molar-refractivity contribution in [1.82, 2.24) is 0 Å². The van der Waals surface area contributed by atoms with Crippen LogP contribution in [0, 0.1) is 28.1 Å². The highest BCUT2D eigenvalue weighted by molar-refractivity contribution is 5.42. The van der Waals surface area contributed by atoms with Gasteiger partial charge in [-0.15, -0.1) is 0 Å². The molecule has 2 rings (SSSR count). The van der Waals surface area contributed by atoms with E-state index in [0.717, 1.165) is 11.8 Å². The second kappa shape index (κ2) is 2.52. The van der Waals surface area contributed by atoms with Crippen LogP contribution in [-0.4, -0.2) is 0 Å². The Morgan fingerprint density at radius 3 is 1.67 bits per heavy atom. The minimum absolute atomic E-state index is 0.373. The molecule has 0 saturated heterocycles. The summed E-state index contributed by atoms with van der Waals surface area (Å²) < 4.78 is 0. The molecule has 15 heavy (non-hydrogen) atoms. The Hall–Kier alpha value is -0.260. The van der Waals surface area contributed by atoms with E-state index in [1.54, 1.807) is 11.1 Å². The van der Waals surface area contributed by atoms with E-state index in [2.05, 4.69) is 55.4 Å². The Balaban J connectivity index is 2.64. The number of hydrogen-bond acceptors (Lipinski definition) is 0. The van der Waals surface area contributed by atoms with Gasteiger partial charge in [0.05, 0.1) is 0 Å². The van der Waals surface area contributed by atoms with Gasteiger partial charge in [-0.3, -0.25) is 0 Å².